The Bertz CT molecular complexity index is 804. The molecule has 26 heavy (non-hydrogen) atoms. The summed E-state index contributed by atoms with van der Waals surface area (Å²) in [6.07, 6.45) is 3.99. The monoisotopic (exact) mass is 356 g/mol. The number of aromatic nitrogens is 3. The van der Waals surface area contributed by atoms with Gasteiger partial charge in [0.1, 0.15) is 17.9 Å². The molecule has 0 saturated heterocycles. The second kappa shape index (κ2) is 7.07. The summed E-state index contributed by atoms with van der Waals surface area (Å²) < 4.78 is 7.39. The normalized spacial score (nSPS) is 24.3. The molecule has 2 aromatic rings. The third-order valence-electron chi connectivity index (χ3n) is 5.45. The van der Waals surface area contributed by atoms with Crippen molar-refractivity contribution in [2.45, 2.75) is 37.7 Å². The number of nitrogens with one attached hydrogen (secondary N) is 1. The summed E-state index contributed by atoms with van der Waals surface area (Å²) in [4.78, 5) is 12.3. The number of rotatable bonds is 5. The quantitative estimate of drug-likeness (QED) is 0.833. The van der Waals surface area contributed by atoms with Crippen molar-refractivity contribution >= 4 is 5.91 Å². The second-order valence-electron chi connectivity index (χ2n) is 7.32. The molecule has 1 fully saturated rings. The standard InChI is InChI=1S/C19H24N4O3/c1-23-11-21-22-19(23)14-8-15(16(24)9-14)10-20-18(25)7-12-2-3-17-13(6-12)4-5-26-17/h2-3,6,11,14-16,24H,4-5,7-10H2,1H3,(H,20,25)/t14-,15+,16+/m0/s1. The lowest BCUT2D eigenvalue weighted by atomic mass is 10.0. The molecule has 0 bridgehead atoms. The van der Waals surface area contributed by atoms with Gasteiger partial charge in [-0.15, -0.1) is 10.2 Å². The van der Waals surface area contributed by atoms with Crippen molar-refractivity contribution in [2.24, 2.45) is 13.0 Å². The molecular formula is C19H24N4O3. The first kappa shape index (κ1) is 17.0. The highest BCUT2D eigenvalue weighted by Crippen LogP contribution is 2.37. The molecule has 4 rings (SSSR count). The number of aliphatic hydroxyl groups is 1. The van der Waals surface area contributed by atoms with E-state index in [2.05, 4.69) is 21.6 Å². The minimum atomic E-state index is -0.422. The third kappa shape index (κ3) is 3.44. The summed E-state index contributed by atoms with van der Waals surface area (Å²) >= 11 is 0. The van der Waals surface area contributed by atoms with Crippen LogP contribution < -0.4 is 10.1 Å². The smallest absolute Gasteiger partial charge is 0.224 e. The van der Waals surface area contributed by atoms with Crippen molar-refractivity contribution in [3.63, 3.8) is 0 Å². The first-order chi connectivity index (χ1) is 12.6. The van der Waals surface area contributed by atoms with E-state index in [-0.39, 0.29) is 17.7 Å². The van der Waals surface area contributed by atoms with Gasteiger partial charge in [0.25, 0.3) is 0 Å². The van der Waals surface area contributed by atoms with Gasteiger partial charge in [-0.3, -0.25) is 4.79 Å². The Morgan fingerprint density at radius 2 is 2.31 bits per heavy atom. The number of nitrogens with zero attached hydrogens (tertiary/aromatic N) is 3. The fraction of sp³-hybridized carbons (Fsp3) is 0.526. The highest BCUT2D eigenvalue weighted by Gasteiger charge is 2.35. The minimum absolute atomic E-state index is 0.0156. The van der Waals surface area contributed by atoms with E-state index in [1.807, 2.05) is 23.7 Å². The Morgan fingerprint density at radius 3 is 3.12 bits per heavy atom. The molecule has 1 aromatic heterocycles. The second-order valence-corrected chi connectivity index (χ2v) is 7.32. The van der Waals surface area contributed by atoms with E-state index >= 15 is 0 Å². The lowest BCUT2D eigenvalue weighted by Gasteiger charge is -2.15. The Morgan fingerprint density at radius 1 is 1.42 bits per heavy atom. The summed E-state index contributed by atoms with van der Waals surface area (Å²) in [5.74, 6) is 2.06. The number of benzene rings is 1. The van der Waals surface area contributed by atoms with Crippen LogP contribution in [-0.4, -0.2) is 45.0 Å². The van der Waals surface area contributed by atoms with Crippen LogP contribution in [0.2, 0.25) is 0 Å². The van der Waals surface area contributed by atoms with Gasteiger partial charge in [-0.1, -0.05) is 12.1 Å². The van der Waals surface area contributed by atoms with Crippen molar-refractivity contribution in [3.05, 3.63) is 41.5 Å². The summed E-state index contributed by atoms with van der Waals surface area (Å²) in [5, 5.41) is 21.4. The van der Waals surface area contributed by atoms with Crippen LogP contribution in [0.25, 0.3) is 0 Å². The van der Waals surface area contributed by atoms with E-state index in [4.69, 9.17) is 4.74 Å². The maximum absolute atomic E-state index is 12.3. The minimum Gasteiger partial charge on any atom is -0.493 e. The van der Waals surface area contributed by atoms with Crippen LogP contribution in [-0.2, 0) is 24.7 Å². The third-order valence-corrected chi connectivity index (χ3v) is 5.45. The molecular weight excluding hydrogens is 332 g/mol. The fourth-order valence-corrected chi connectivity index (χ4v) is 4.04. The van der Waals surface area contributed by atoms with Gasteiger partial charge in [-0.2, -0.15) is 0 Å². The van der Waals surface area contributed by atoms with Crippen LogP contribution in [0.4, 0.5) is 0 Å². The zero-order valence-electron chi connectivity index (χ0n) is 14.9. The van der Waals surface area contributed by atoms with Gasteiger partial charge in [0.15, 0.2) is 0 Å². The fourth-order valence-electron chi connectivity index (χ4n) is 4.04. The summed E-state index contributed by atoms with van der Waals surface area (Å²) in [6, 6.07) is 5.94. The van der Waals surface area contributed by atoms with Gasteiger partial charge in [-0.05, 0) is 30.0 Å². The number of hydrogen-bond donors (Lipinski definition) is 2. The number of ether oxygens (including phenoxy) is 1. The zero-order valence-corrected chi connectivity index (χ0v) is 14.9. The largest absolute Gasteiger partial charge is 0.493 e. The molecule has 1 aromatic carbocycles. The Kier molecular flexibility index (Phi) is 4.63. The van der Waals surface area contributed by atoms with Crippen LogP contribution in [0.1, 0.15) is 35.7 Å². The number of fused-ring (bicyclic) bond motifs is 1. The van der Waals surface area contributed by atoms with Crippen LogP contribution in [0, 0.1) is 5.92 Å². The van der Waals surface area contributed by atoms with E-state index in [0.717, 1.165) is 36.6 Å². The van der Waals surface area contributed by atoms with E-state index in [1.54, 1.807) is 6.33 Å². The lowest BCUT2D eigenvalue weighted by Crippen LogP contribution is -2.33. The van der Waals surface area contributed by atoms with Crippen molar-refractivity contribution in [1.82, 2.24) is 20.1 Å². The predicted molar refractivity (Wildman–Crippen MR) is 94.8 cm³/mol. The highest BCUT2D eigenvalue weighted by molar-refractivity contribution is 5.78. The van der Waals surface area contributed by atoms with Crippen molar-refractivity contribution in [3.8, 4) is 5.75 Å². The highest BCUT2D eigenvalue weighted by atomic mass is 16.5. The predicted octanol–water partition coefficient (Wildman–Crippen LogP) is 0.963. The van der Waals surface area contributed by atoms with E-state index < -0.39 is 6.10 Å². The van der Waals surface area contributed by atoms with Gasteiger partial charge in [0.05, 0.1) is 19.1 Å². The molecule has 1 aliphatic carbocycles. The van der Waals surface area contributed by atoms with Gasteiger partial charge in [0, 0.05) is 31.8 Å². The zero-order chi connectivity index (χ0) is 18.1. The van der Waals surface area contributed by atoms with E-state index in [9.17, 15) is 9.90 Å². The van der Waals surface area contributed by atoms with Gasteiger partial charge < -0.3 is 19.7 Å². The van der Waals surface area contributed by atoms with E-state index in [0.29, 0.717) is 19.4 Å². The van der Waals surface area contributed by atoms with Crippen LogP contribution in [0.3, 0.4) is 0 Å². The Hall–Kier alpha value is -2.41. The number of aryl methyl sites for hydroxylation is 1. The van der Waals surface area contributed by atoms with Crippen molar-refractivity contribution < 1.29 is 14.6 Å². The molecule has 2 N–H and O–H groups in total. The van der Waals surface area contributed by atoms with Crippen LogP contribution in [0.5, 0.6) is 5.75 Å². The first-order valence-electron chi connectivity index (χ1n) is 9.13. The maximum Gasteiger partial charge on any atom is 0.224 e. The molecule has 138 valence electrons. The molecule has 2 heterocycles. The maximum atomic E-state index is 12.3. The van der Waals surface area contributed by atoms with E-state index in [1.165, 1.54) is 5.56 Å². The summed E-state index contributed by atoms with van der Waals surface area (Å²) in [6.45, 7) is 1.21. The Labute approximate surface area is 152 Å². The molecule has 1 amide bonds. The van der Waals surface area contributed by atoms with Crippen molar-refractivity contribution in [1.29, 1.82) is 0 Å². The number of carbonyl (C=O) groups excluding carboxylic acids is 1. The first-order valence-corrected chi connectivity index (χ1v) is 9.13. The van der Waals surface area contributed by atoms with Gasteiger partial charge in [-0.25, -0.2) is 0 Å². The molecule has 3 atom stereocenters. The summed E-state index contributed by atoms with van der Waals surface area (Å²) in [7, 11) is 1.92. The average molecular weight is 356 g/mol. The molecule has 0 unspecified atom stereocenters. The van der Waals surface area contributed by atoms with Crippen molar-refractivity contribution in [2.75, 3.05) is 13.2 Å². The molecule has 0 spiro atoms. The number of hydrogen-bond acceptors (Lipinski definition) is 5. The van der Waals surface area contributed by atoms with Gasteiger partial charge >= 0.3 is 0 Å². The summed E-state index contributed by atoms with van der Waals surface area (Å²) in [5.41, 5.74) is 2.17. The molecule has 2 aliphatic rings. The van der Waals surface area contributed by atoms with Crippen LogP contribution >= 0.6 is 0 Å². The average Bonchev–Trinajstić information content (AvgIpc) is 3.32. The molecule has 1 aliphatic heterocycles. The van der Waals surface area contributed by atoms with Crippen LogP contribution in [0.15, 0.2) is 24.5 Å². The topological polar surface area (TPSA) is 89.3 Å². The number of carbonyl (C=O) groups is 1. The number of amides is 1. The molecule has 7 nitrogen and oxygen atoms in total. The lowest BCUT2D eigenvalue weighted by molar-refractivity contribution is -0.120. The molecule has 0 radical (unpaired) electrons. The molecule has 1 saturated carbocycles. The molecule has 7 heteroatoms. The SMILES string of the molecule is Cn1cnnc1[C@H]1C[C@H](CNC(=O)Cc2ccc3c(c2)CCO3)[C@H](O)C1. The number of aliphatic hydroxyl groups excluding tert-OH is 1. The van der Waals surface area contributed by atoms with Gasteiger partial charge in [0.2, 0.25) is 5.91 Å². The Balaban J connectivity index is 1.30.